The molecule has 3 aromatic rings. The van der Waals surface area contributed by atoms with Crippen molar-refractivity contribution in [3.8, 4) is 0 Å². The van der Waals surface area contributed by atoms with Crippen molar-refractivity contribution in [2.75, 3.05) is 0 Å². The van der Waals surface area contributed by atoms with Crippen LogP contribution in [0.2, 0.25) is 5.15 Å². The summed E-state index contributed by atoms with van der Waals surface area (Å²) in [7, 11) is -3.77. The van der Waals surface area contributed by atoms with Crippen LogP contribution in [0, 0.1) is 6.92 Å². The van der Waals surface area contributed by atoms with Gasteiger partial charge in [0.15, 0.2) is 10.2 Å². The SMILES string of the molecule is Cc1ccccc1CNS(=O)(=O)c1c(Cl)nc2ccccn12. The van der Waals surface area contributed by atoms with Crippen LogP contribution in [-0.4, -0.2) is 17.8 Å². The topological polar surface area (TPSA) is 63.5 Å². The number of rotatable bonds is 4. The number of aryl methyl sites for hydroxylation is 1. The van der Waals surface area contributed by atoms with E-state index < -0.39 is 10.0 Å². The third kappa shape index (κ3) is 2.72. The second-order valence-corrected chi connectivity index (χ2v) is 6.93. The average Bonchev–Trinajstić information content (AvgIpc) is 2.83. The van der Waals surface area contributed by atoms with Crippen molar-refractivity contribution in [1.29, 1.82) is 0 Å². The molecular formula is C15H14ClN3O2S. The number of halogens is 1. The zero-order valence-electron chi connectivity index (χ0n) is 11.8. The van der Waals surface area contributed by atoms with Gasteiger partial charge in [-0.2, -0.15) is 0 Å². The van der Waals surface area contributed by atoms with E-state index in [9.17, 15) is 8.42 Å². The van der Waals surface area contributed by atoms with E-state index in [0.717, 1.165) is 11.1 Å². The molecule has 0 unspecified atom stereocenters. The van der Waals surface area contributed by atoms with Crippen molar-refractivity contribution in [2.24, 2.45) is 0 Å². The Labute approximate surface area is 133 Å². The molecule has 0 spiro atoms. The molecule has 2 heterocycles. The minimum Gasteiger partial charge on any atom is -0.288 e. The van der Waals surface area contributed by atoms with Crippen molar-refractivity contribution in [2.45, 2.75) is 18.5 Å². The van der Waals surface area contributed by atoms with Gasteiger partial charge in [-0.3, -0.25) is 4.40 Å². The van der Waals surface area contributed by atoms with Crippen LogP contribution in [0.1, 0.15) is 11.1 Å². The monoisotopic (exact) mass is 335 g/mol. The van der Waals surface area contributed by atoms with Crippen molar-refractivity contribution < 1.29 is 8.42 Å². The molecule has 0 aliphatic rings. The largest absolute Gasteiger partial charge is 0.288 e. The first kappa shape index (κ1) is 15.0. The molecule has 1 N–H and O–H groups in total. The van der Waals surface area contributed by atoms with Crippen LogP contribution >= 0.6 is 11.6 Å². The summed E-state index contributed by atoms with van der Waals surface area (Å²) in [5.41, 5.74) is 2.43. The average molecular weight is 336 g/mol. The Balaban J connectivity index is 1.96. The lowest BCUT2D eigenvalue weighted by Crippen LogP contribution is -2.25. The van der Waals surface area contributed by atoms with E-state index in [1.165, 1.54) is 4.40 Å². The van der Waals surface area contributed by atoms with Crippen molar-refractivity contribution in [3.05, 3.63) is 64.9 Å². The summed E-state index contributed by atoms with van der Waals surface area (Å²) in [5.74, 6) is 0. The van der Waals surface area contributed by atoms with Gasteiger partial charge in [0.2, 0.25) is 0 Å². The number of hydrogen-bond donors (Lipinski definition) is 1. The zero-order chi connectivity index (χ0) is 15.7. The maximum absolute atomic E-state index is 12.6. The van der Waals surface area contributed by atoms with Gasteiger partial charge >= 0.3 is 0 Å². The van der Waals surface area contributed by atoms with Crippen molar-refractivity contribution >= 4 is 27.3 Å². The number of benzene rings is 1. The van der Waals surface area contributed by atoms with Crippen molar-refractivity contribution in [1.82, 2.24) is 14.1 Å². The zero-order valence-corrected chi connectivity index (χ0v) is 13.4. The lowest BCUT2D eigenvalue weighted by Gasteiger charge is -2.09. The molecule has 7 heteroatoms. The normalized spacial score (nSPS) is 11.9. The van der Waals surface area contributed by atoms with Crippen LogP contribution in [-0.2, 0) is 16.6 Å². The number of nitrogens with zero attached hydrogens (tertiary/aromatic N) is 2. The highest BCUT2D eigenvalue weighted by molar-refractivity contribution is 7.89. The minimum absolute atomic E-state index is 0.0384. The van der Waals surface area contributed by atoms with E-state index in [1.54, 1.807) is 24.4 Å². The molecule has 0 bridgehead atoms. The third-order valence-electron chi connectivity index (χ3n) is 3.41. The van der Waals surface area contributed by atoms with E-state index in [2.05, 4.69) is 9.71 Å². The van der Waals surface area contributed by atoms with Crippen LogP contribution in [0.4, 0.5) is 0 Å². The molecule has 0 atom stereocenters. The molecule has 1 aromatic carbocycles. The first-order chi connectivity index (χ1) is 10.5. The molecule has 114 valence electrons. The standard InChI is InChI=1S/C15H14ClN3O2S/c1-11-6-2-3-7-12(11)10-17-22(20,21)15-14(16)18-13-8-4-5-9-19(13)15/h2-9,17H,10H2,1H3. The summed E-state index contributed by atoms with van der Waals surface area (Å²) in [6.45, 7) is 2.14. The predicted octanol–water partition coefficient (Wildman–Crippen LogP) is 2.77. The molecule has 0 saturated heterocycles. The molecule has 0 aliphatic heterocycles. The first-order valence-electron chi connectivity index (χ1n) is 6.66. The highest BCUT2D eigenvalue weighted by Gasteiger charge is 2.24. The first-order valence-corrected chi connectivity index (χ1v) is 8.52. The Bertz CT molecular complexity index is 935. The molecule has 5 nitrogen and oxygen atoms in total. The molecule has 22 heavy (non-hydrogen) atoms. The van der Waals surface area contributed by atoms with Crippen LogP contribution in [0.3, 0.4) is 0 Å². The lowest BCUT2D eigenvalue weighted by molar-refractivity contribution is 0.576. The maximum atomic E-state index is 12.6. The number of hydrogen-bond acceptors (Lipinski definition) is 3. The molecule has 0 fully saturated rings. The summed E-state index contributed by atoms with van der Waals surface area (Å²) in [5, 5.41) is -0.0816. The number of nitrogens with one attached hydrogen (secondary N) is 1. The Morgan fingerprint density at radius 2 is 1.91 bits per heavy atom. The summed E-state index contributed by atoms with van der Waals surface area (Å²) >= 11 is 6.01. The van der Waals surface area contributed by atoms with Gasteiger partial charge in [0.25, 0.3) is 10.0 Å². The number of aromatic nitrogens is 2. The van der Waals surface area contributed by atoms with Crippen molar-refractivity contribution in [3.63, 3.8) is 0 Å². The lowest BCUT2D eigenvalue weighted by atomic mass is 10.1. The second kappa shape index (κ2) is 5.72. The van der Waals surface area contributed by atoms with Gasteiger partial charge in [0.1, 0.15) is 5.65 Å². The van der Waals surface area contributed by atoms with Crippen LogP contribution in [0.15, 0.2) is 53.7 Å². The highest BCUT2D eigenvalue weighted by Crippen LogP contribution is 2.22. The van der Waals surface area contributed by atoms with Crippen LogP contribution in [0.25, 0.3) is 5.65 Å². The Morgan fingerprint density at radius 1 is 1.18 bits per heavy atom. The number of sulfonamides is 1. The van der Waals surface area contributed by atoms with Crippen LogP contribution < -0.4 is 4.72 Å². The minimum atomic E-state index is -3.77. The van der Waals surface area contributed by atoms with E-state index in [-0.39, 0.29) is 16.7 Å². The number of imidazole rings is 1. The molecule has 0 radical (unpaired) electrons. The summed E-state index contributed by atoms with van der Waals surface area (Å²) in [4.78, 5) is 4.06. The van der Waals surface area contributed by atoms with Crippen LogP contribution in [0.5, 0.6) is 0 Å². The molecule has 0 amide bonds. The third-order valence-corrected chi connectivity index (χ3v) is 5.21. The fourth-order valence-corrected chi connectivity index (χ4v) is 3.88. The van der Waals surface area contributed by atoms with Gasteiger partial charge in [-0.1, -0.05) is 41.9 Å². The van der Waals surface area contributed by atoms with E-state index >= 15 is 0 Å². The van der Waals surface area contributed by atoms with Gasteiger partial charge in [-0.25, -0.2) is 18.1 Å². The molecule has 0 saturated carbocycles. The number of fused-ring (bicyclic) bond motifs is 1. The summed E-state index contributed by atoms with van der Waals surface area (Å²) in [6.07, 6.45) is 1.62. The van der Waals surface area contributed by atoms with E-state index in [4.69, 9.17) is 11.6 Å². The van der Waals surface area contributed by atoms with Gasteiger partial charge < -0.3 is 0 Å². The van der Waals surface area contributed by atoms with Gasteiger partial charge in [0, 0.05) is 12.7 Å². The fourth-order valence-electron chi connectivity index (χ4n) is 2.23. The summed E-state index contributed by atoms with van der Waals surface area (Å²) < 4.78 is 29.2. The van der Waals surface area contributed by atoms with E-state index in [1.807, 2.05) is 31.2 Å². The molecule has 3 rings (SSSR count). The predicted molar refractivity (Wildman–Crippen MR) is 85.4 cm³/mol. The highest BCUT2D eigenvalue weighted by atomic mass is 35.5. The quantitative estimate of drug-likeness (QED) is 0.797. The van der Waals surface area contributed by atoms with E-state index in [0.29, 0.717) is 5.65 Å². The van der Waals surface area contributed by atoms with Gasteiger partial charge in [-0.05, 0) is 30.2 Å². The second-order valence-electron chi connectivity index (χ2n) is 4.89. The smallest absolute Gasteiger partial charge is 0.260 e. The Kier molecular flexibility index (Phi) is 3.90. The number of pyridine rings is 1. The maximum Gasteiger partial charge on any atom is 0.260 e. The summed E-state index contributed by atoms with van der Waals surface area (Å²) in [6, 6.07) is 12.8. The molecular weight excluding hydrogens is 322 g/mol. The molecule has 2 aromatic heterocycles. The Morgan fingerprint density at radius 3 is 2.68 bits per heavy atom. The molecule has 0 aliphatic carbocycles. The van der Waals surface area contributed by atoms with Gasteiger partial charge in [-0.15, -0.1) is 0 Å². The Hall–Kier alpha value is -1.89. The van der Waals surface area contributed by atoms with Gasteiger partial charge in [0.05, 0.1) is 0 Å². The fraction of sp³-hybridized carbons (Fsp3) is 0.133.